The van der Waals surface area contributed by atoms with Crippen LogP contribution in [0.2, 0.25) is 0 Å². The van der Waals surface area contributed by atoms with Crippen LogP contribution < -0.4 is 5.73 Å². The third-order valence-electron chi connectivity index (χ3n) is 3.61. The summed E-state index contributed by atoms with van der Waals surface area (Å²) in [6.45, 7) is 6.74. The fourth-order valence-corrected chi connectivity index (χ4v) is 1.91. The molecule has 1 saturated carbocycles. The fraction of sp³-hybridized carbons (Fsp3) is 1.00. The van der Waals surface area contributed by atoms with E-state index in [0.717, 1.165) is 25.7 Å². The number of aliphatic hydroxyl groups excluding tert-OH is 1. The molecule has 4 heteroatoms. The van der Waals surface area contributed by atoms with Gasteiger partial charge < -0.3 is 15.6 Å². The maximum atomic E-state index is 9.41. The number of rotatable bonds is 9. The third-order valence-corrected chi connectivity index (χ3v) is 3.61. The first-order valence-electron chi connectivity index (χ1n) is 6.70. The van der Waals surface area contributed by atoms with Crippen molar-refractivity contribution in [3.63, 3.8) is 0 Å². The number of likely N-dealkylation sites (N-methyl/N-ethyl adjacent to an activating group) is 1. The molecule has 102 valence electrons. The fourth-order valence-electron chi connectivity index (χ4n) is 1.91. The Kier molecular flexibility index (Phi) is 6.41. The number of nitrogens with two attached hydrogens (primary N) is 1. The van der Waals surface area contributed by atoms with Gasteiger partial charge in [0.05, 0.1) is 13.2 Å². The van der Waals surface area contributed by atoms with E-state index in [9.17, 15) is 5.11 Å². The Bertz CT molecular complexity index is 208. The Labute approximate surface area is 105 Å². The molecule has 17 heavy (non-hydrogen) atoms. The van der Waals surface area contributed by atoms with E-state index in [1.54, 1.807) is 0 Å². The lowest BCUT2D eigenvalue weighted by molar-refractivity contribution is 0.0630. The summed E-state index contributed by atoms with van der Waals surface area (Å²) in [6, 6.07) is 0.0351. The largest absolute Gasteiger partial charge is 0.395 e. The van der Waals surface area contributed by atoms with Crippen LogP contribution in [0.15, 0.2) is 0 Å². The SMILES string of the molecule is CC(C)C(N)C(CO)N(C)CCOCC1CC1. The average molecular weight is 244 g/mol. The molecule has 0 radical (unpaired) electrons. The second-order valence-corrected chi connectivity index (χ2v) is 5.57. The van der Waals surface area contributed by atoms with Gasteiger partial charge in [0.1, 0.15) is 0 Å². The van der Waals surface area contributed by atoms with Crippen LogP contribution in [0.1, 0.15) is 26.7 Å². The molecule has 0 aromatic carbocycles. The predicted octanol–water partition coefficient (Wildman–Crippen LogP) is 0.689. The first kappa shape index (κ1) is 14.9. The van der Waals surface area contributed by atoms with Crippen molar-refractivity contribution in [2.45, 2.75) is 38.8 Å². The van der Waals surface area contributed by atoms with E-state index in [2.05, 4.69) is 18.7 Å². The zero-order valence-electron chi connectivity index (χ0n) is 11.4. The minimum Gasteiger partial charge on any atom is -0.395 e. The Morgan fingerprint density at radius 3 is 2.53 bits per heavy atom. The lowest BCUT2D eigenvalue weighted by Crippen LogP contribution is -2.51. The van der Waals surface area contributed by atoms with Gasteiger partial charge >= 0.3 is 0 Å². The Morgan fingerprint density at radius 2 is 2.06 bits per heavy atom. The second-order valence-electron chi connectivity index (χ2n) is 5.57. The van der Waals surface area contributed by atoms with E-state index in [-0.39, 0.29) is 18.7 Å². The highest BCUT2D eigenvalue weighted by Crippen LogP contribution is 2.28. The lowest BCUT2D eigenvalue weighted by atomic mass is 9.97. The van der Waals surface area contributed by atoms with Crippen LogP contribution in [0.5, 0.6) is 0 Å². The summed E-state index contributed by atoms with van der Waals surface area (Å²) >= 11 is 0. The number of hydrogen-bond donors (Lipinski definition) is 2. The minimum atomic E-state index is 0.00781. The van der Waals surface area contributed by atoms with Gasteiger partial charge in [0.15, 0.2) is 0 Å². The second kappa shape index (κ2) is 7.31. The van der Waals surface area contributed by atoms with Gasteiger partial charge in [-0.05, 0) is 31.7 Å². The lowest BCUT2D eigenvalue weighted by Gasteiger charge is -2.33. The van der Waals surface area contributed by atoms with Crippen LogP contribution in [0, 0.1) is 11.8 Å². The van der Waals surface area contributed by atoms with E-state index in [1.165, 1.54) is 12.8 Å². The molecule has 0 bridgehead atoms. The Balaban J connectivity index is 2.19. The van der Waals surface area contributed by atoms with Gasteiger partial charge in [-0.15, -0.1) is 0 Å². The van der Waals surface area contributed by atoms with Gasteiger partial charge in [-0.25, -0.2) is 0 Å². The van der Waals surface area contributed by atoms with Crippen LogP contribution in [-0.2, 0) is 4.74 Å². The quantitative estimate of drug-likeness (QED) is 0.586. The molecule has 0 spiro atoms. The van der Waals surface area contributed by atoms with Crippen LogP contribution in [0.3, 0.4) is 0 Å². The van der Waals surface area contributed by atoms with Gasteiger partial charge in [0.2, 0.25) is 0 Å². The predicted molar refractivity (Wildman–Crippen MR) is 69.9 cm³/mol. The molecule has 3 N–H and O–H groups in total. The third kappa shape index (κ3) is 5.34. The van der Waals surface area contributed by atoms with Crippen molar-refractivity contribution in [1.29, 1.82) is 0 Å². The molecule has 2 atom stereocenters. The van der Waals surface area contributed by atoms with E-state index < -0.39 is 0 Å². The van der Waals surface area contributed by atoms with Gasteiger partial charge in [-0.1, -0.05) is 13.8 Å². The first-order valence-corrected chi connectivity index (χ1v) is 6.70. The van der Waals surface area contributed by atoms with Gasteiger partial charge in [-0.3, -0.25) is 4.90 Å². The number of nitrogens with zero attached hydrogens (tertiary/aromatic N) is 1. The molecular weight excluding hydrogens is 216 g/mol. The Morgan fingerprint density at radius 1 is 1.41 bits per heavy atom. The summed E-state index contributed by atoms with van der Waals surface area (Å²) in [4.78, 5) is 2.11. The molecule has 1 fully saturated rings. The summed E-state index contributed by atoms with van der Waals surface area (Å²) in [6.07, 6.45) is 2.65. The molecular formula is C13H28N2O2. The van der Waals surface area contributed by atoms with Crippen molar-refractivity contribution in [2.75, 3.05) is 33.4 Å². The number of hydrogen-bond acceptors (Lipinski definition) is 4. The summed E-state index contributed by atoms with van der Waals surface area (Å²) in [5.74, 6) is 1.19. The molecule has 1 aliphatic carbocycles. The standard InChI is InChI=1S/C13H28N2O2/c1-10(2)13(14)12(8-16)15(3)6-7-17-9-11-4-5-11/h10-13,16H,4-9,14H2,1-3H3. The van der Waals surface area contributed by atoms with E-state index in [4.69, 9.17) is 10.5 Å². The smallest absolute Gasteiger partial charge is 0.0601 e. The van der Waals surface area contributed by atoms with Gasteiger partial charge in [0.25, 0.3) is 0 Å². The molecule has 0 saturated heterocycles. The summed E-state index contributed by atoms with van der Waals surface area (Å²) in [7, 11) is 2.00. The van der Waals surface area contributed by atoms with Crippen LogP contribution in [0.25, 0.3) is 0 Å². The number of aliphatic hydroxyl groups is 1. The monoisotopic (exact) mass is 244 g/mol. The van der Waals surface area contributed by atoms with Crippen molar-refractivity contribution in [1.82, 2.24) is 4.90 Å². The summed E-state index contributed by atoms with van der Waals surface area (Å²) < 4.78 is 5.60. The molecule has 0 amide bonds. The molecule has 1 aliphatic rings. The van der Waals surface area contributed by atoms with E-state index >= 15 is 0 Å². The van der Waals surface area contributed by atoms with Gasteiger partial charge in [0, 0.05) is 25.2 Å². The van der Waals surface area contributed by atoms with Crippen molar-refractivity contribution >= 4 is 0 Å². The maximum Gasteiger partial charge on any atom is 0.0601 e. The highest BCUT2D eigenvalue weighted by molar-refractivity contribution is 4.82. The van der Waals surface area contributed by atoms with Gasteiger partial charge in [-0.2, -0.15) is 0 Å². The highest BCUT2D eigenvalue weighted by Gasteiger charge is 2.24. The molecule has 0 aliphatic heterocycles. The normalized spacial score (nSPS) is 19.9. The zero-order valence-corrected chi connectivity index (χ0v) is 11.4. The van der Waals surface area contributed by atoms with Crippen LogP contribution in [-0.4, -0.2) is 55.5 Å². The minimum absolute atomic E-state index is 0.00781. The molecule has 0 aromatic rings. The molecule has 1 rings (SSSR count). The van der Waals surface area contributed by atoms with Crippen molar-refractivity contribution in [2.24, 2.45) is 17.6 Å². The van der Waals surface area contributed by atoms with Crippen molar-refractivity contribution < 1.29 is 9.84 Å². The summed E-state index contributed by atoms with van der Waals surface area (Å²) in [5, 5.41) is 9.41. The number of ether oxygens (including phenoxy) is 1. The van der Waals surface area contributed by atoms with Crippen LogP contribution in [0.4, 0.5) is 0 Å². The Hall–Kier alpha value is -0.160. The van der Waals surface area contributed by atoms with E-state index in [0.29, 0.717) is 5.92 Å². The first-order chi connectivity index (χ1) is 8.06. The molecule has 0 heterocycles. The highest BCUT2D eigenvalue weighted by atomic mass is 16.5. The zero-order chi connectivity index (χ0) is 12.8. The van der Waals surface area contributed by atoms with Crippen molar-refractivity contribution in [3.05, 3.63) is 0 Å². The molecule has 4 nitrogen and oxygen atoms in total. The molecule has 2 unspecified atom stereocenters. The average Bonchev–Trinajstić information content (AvgIpc) is 3.09. The summed E-state index contributed by atoms with van der Waals surface area (Å²) in [5.41, 5.74) is 6.09. The maximum absolute atomic E-state index is 9.41. The molecule has 0 aromatic heterocycles. The van der Waals surface area contributed by atoms with E-state index in [1.807, 2.05) is 7.05 Å². The van der Waals surface area contributed by atoms with Crippen LogP contribution >= 0.6 is 0 Å². The topological polar surface area (TPSA) is 58.7 Å². The van der Waals surface area contributed by atoms with Crippen molar-refractivity contribution in [3.8, 4) is 0 Å².